The fourth-order valence-electron chi connectivity index (χ4n) is 2.37. The van der Waals surface area contributed by atoms with E-state index >= 15 is 0 Å². The van der Waals surface area contributed by atoms with Crippen molar-refractivity contribution in [3.63, 3.8) is 0 Å². The molecule has 2 rings (SSSR count). The van der Waals surface area contributed by atoms with Gasteiger partial charge in [0.15, 0.2) is 0 Å². The van der Waals surface area contributed by atoms with E-state index in [-0.39, 0.29) is 17.6 Å². The SMILES string of the molecule is COc1ccccc1[C@H](C)N[C@H](C)C(=O)Nc1ccccc1F. The number of carbonyl (C=O) groups is 1. The zero-order valence-electron chi connectivity index (χ0n) is 13.5. The Hall–Kier alpha value is -2.40. The molecule has 0 aromatic heterocycles. The molecule has 0 saturated carbocycles. The molecule has 0 spiro atoms. The summed E-state index contributed by atoms with van der Waals surface area (Å²) in [5, 5.41) is 5.78. The fourth-order valence-corrected chi connectivity index (χ4v) is 2.37. The third-order valence-electron chi connectivity index (χ3n) is 3.63. The average Bonchev–Trinajstić information content (AvgIpc) is 2.56. The van der Waals surface area contributed by atoms with Crippen LogP contribution >= 0.6 is 0 Å². The number of rotatable bonds is 6. The molecule has 4 nitrogen and oxygen atoms in total. The van der Waals surface area contributed by atoms with E-state index in [4.69, 9.17) is 4.74 Å². The Balaban J connectivity index is 2.02. The Morgan fingerprint density at radius 3 is 2.43 bits per heavy atom. The Morgan fingerprint density at radius 2 is 1.74 bits per heavy atom. The molecule has 0 unspecified atom stereocenters. The van der Waals surface area contributed by atoms with Gasteiger partial charge in [0, 0.05) is 11.6 Å². The first kappa shape index (κ1) is 17.0. The summed E-state index contributed by atoms with van der Waals surface area (Å²) in [5.74, 6) is 0.0110. The second kappa shape index (κ2) is 7.74. The highest BCUT2D eigenvalue weighted by molar-refractivity contribution is 5.94. The Labute approximate surface area is 135 Å². The van der Waals surface area contributed by atoms with Crippen molar-refractivity contribution >= 4 is 11.6 Å². The molecular weight excluding hydrogens is 295 g/mol. The van der Waals surface area contributed by atoms with Crippen LogP contribution in [0.5, 0.6) is 5.75 Å². The molecule has 0 heterocycles. The minimum atomic E-state index is -0.491. The largest absolute Gasteiger partial charge is 0.496 e. The van der Waals surface area contributed by atoms with Crippen LogP contribution in [0.3, 0.4) is 0 Å². The summed E-state index contributed by atoms with van der Waals surface area (Å²) in [7, 11) is 1.61. The molecular formula is C18H21FN2O2. The summed E-state index contributed by atoms with van der Waals surface area (Å²) in [6.45, 7) is 3.69. The molecule has 5 heteroatoms. The van der Waals surface area contributed by atoms with E-state index < -0.39 is 11.9 Å². The molecule has 2 N–H and O–H groups in total. The Bertz CT molecular complexity index is 676. The number of carbonyl (C=O) groups excluding carboxylic acids is 1. The molecule has 0 bridgehead atoms. The van der Waals surface area contributed by atoms with Gasteiger partial charge in [0.25, 0.3) is 0 Å². The topological polar surface area (TPSA) is 50.4 Å². The van der Waals surface area contributed by atoms with Gasteiger partial charge >= 0.3 is 0 Å². The molecule has 0 aliphatic carbocycles. The lowest BCUT2D eigenvalue weighted by Gasteiger charge is -2.21. The van der Waals surface area contributed by atoms with E-state index in [9.17, 15) is 9.18 Å². The third kappa shape index (κ3) is 4.29. The molecule has 2 aromatic rings. The Morgan fingerprint density at radius 1 is 1.09 bits per heavy atom. The number of amides is 1. The molecule has 1 amide bonds. The predicted octanol–water partition coefficient (Wildman–Crippen LogP) is 3.51. The molecule has 122 valence electrons. The van der Waals surface area contributed by atoms with Gasteiger partial charge in [-0.25, -0.2) is 4.39 Å². The second-order valence-corrected chi connectivity index (χ2v) is 5.32. The van der Waals surface area contributed by atoms with E-state index in [0.717, 1.165) is 11.3 Å². The van der Waals surface area contributed by atoms with Crippen molar-refractivity contribution in [1.29, 1.82) is 0 Å². The molecule has 0 fully saturated rings. The van der Waals surface area contributed by atoms with Crippen molar-refractivity contribution < 1.29 is 13.9 Å². The van der Waals surface area contributed by atoms with Crippen molar-refractivity contribution in [3.05, 3.63) is 59.9 Å². The molecule has 2 atom stereocenters. The third-order valence-corrected chi connectivity index (χ3v) is 3.63. The van der Waals surface area contributed by atoms with Gasteiger partial charge in [-0.3, -0.25) is 10.1 Å². The Kier molecular flexibility index (Phi) is 5.71. The van der Waals surface area contributed by atoms with Crippen molar-refractivity contribution in [2.45, 2.75) is 25.9 Å². The maximum absolute atomic E-state index is 13.6. The van der Waals surface area contributed by atoms with Crippen LogP contribution in [0.1, 0.15) is 25.5 Å². The monoisotopic (exact) mass is 316 g/mol. The smallest absolute Gasteiger partial charge is 0.241 e. The number of halogens is 1. The lowest BCUT2D eigenvalue weighted by Crippen LogP contribution is -2.39. The summed E-state index contributed by atoms with van der Waals surface area (Å²) in [6.07, 6.45) is 0. The first-order valence-electron chi connectivity index (χ1n) is 7.47. The summed E-state index contributed by atoms with van der Waals surface area (Å²) in [5.41, 5.74) is 1.14. The summed E-state index contributed by atoms with van der Waals surface area (Å²) >= 11 is 0. The highest BCUT2D eigenvalue weighted by Gasteiger charge is 2.19. The standard InChI is InChI=1S/C18H21FN2O2/c1-12(14-8-4-7-11-17(14)23-3)20-13(2)18(22)21-16-10-6-5-9-15(16)19/h4-13,20H,1-3H3,(H,21,22)/t12-,13+/m0/s1. The van der Waals surface area contributed by atoms with Crippen LogP contribution in [0.4, 0.5) is 10.1 Å². The fraction of sp³-hybridized carbons (Fsp3) is 0.278. The van der Waals surface area contributed by atoms with Gasteiger partial charge in [0.05, 0.1) is 18.8 Å². The van der Waals surface area contributed by atoms with Gasteiger partial charge in [-0.05, 0) is 32.0 Å². The number of para-hydroxylation sites is 2. The highest BCUT2D eigenvalue weighted by atomic mass is 19.1. The van der Waals surface area contributed by atoms with E-state index in [1.165, 1.54) is 12.1 Å². The summed E-state index contributed by atoms with van der Waals surface area (Å²) in [6, 6.07) is 13.1. The zero-order valence-corrected chi connectivity index (χ0v) is 13.5. The van der Waals surface area contributed by atoms with Crippen LogP contribution in [0, 0.1) is 5.82 Å². The van der Waals surface area contributed by atoms with Crippen molar-refractivity contribution in [3.8, 4) is 5.75 Å². The lowest BCUT2D eigenvalue weighted by atomic mass is 10.1. The summed E-state index contributed by atoms with van der Waals surface area (Å²) in [4.78, 5) is 12.2. The average molecular weight is 316 g/mol. The molecule has 0 aliphatic rings. The minimum absolute atomic E-state index is 0.0903. The van der Waals surface area contributed by atoms with Crippen LogP contribution in [-0.4, -0.2) is 19.1 Å². The van der Waals surface area contributed by atoms with Gasteiger partial charge in [-0.15, -0.1) is 0 Å². The van der Waals surface area contributed by atoms with Gasteiger partial charge in [0.2, 0.25) is 5.91 Å². The van der Waals surface area contributed by atoms with Crippen LogP contribution in [0.2, 0.25) is 0 Å². The first-order chi connectivity index (χ1) is 11.0. The number of benzene rings is 2. The molecule has 0 saturated heterocycles. The number of hydrogen-bond acceptors (Lipinski definition) is 3. The van der Waals surface area contributed by atoms with Crippen LogP contribution in [-0.2, 0) is 4.79 Å². The van der Waals surface area contributed by atoms with Crippen LogP contribution in [0.25, 0.3) is 0 Å². The molecule has 0 radical (unpaired) electrons. The van der Waals surface area contributed by atoms with Crippen molar-refractivity contribution in [2.75, 3.05) is 12.4 Å². The normalized spacial score (nSPS) is 13.2. The highest BCUT2D eigenvalue weighted by Crippen LogP contribution is 2.24. The maximum atomic E-state index is 13.6. The number of methoxy groups -OCH3 is 1. The predicted molar refractivity (Wildman–Crippen MR) is 89.0 cm³/mol. The van der Waals surface area contributed by atoms with Gasteiger partial charge in [0.1, 0.15) is 11.6 Å². The van der Waals surface area contributed by atoms with E-state index in [2.05, 4.69) is 10.6 Å². The van der Waals surface area contributed by atoms with E-state index in [1.807, 2.05) is 31.2 Å². The van der Waals surface area contributed by atoms with Crippen LogP contribution in [0.15, 0.2) is 48.5 Å². The van der Waals surface area contributed by atoms with Crippen LogP contribution < -0.4 is 15.4 Å². The number of anilines is 1. The lowest BCUT2D eigenvalue weighted by molar-refractivity contribution is -0.118. The van der Waals surface area contributed by atoms with E-state index in [1.54, 1.807) is 26.2 Å². The molecule has 23 heavy (non-hydrogen) atoms. The zero-order chi connectivity index (χ0) is 16.8. The summed E-state index contributed by atoms with van der Waals surface area (Å²) < 4.78 is 18.9. The molecule has 2 aromatic carbocycles. The first-order valence-corrected chi connectivity index (χ1v) is 7.47. The maximum Gasteiger partial charge on any atom is 0.241 e. The van der Waals surface area contributed by atoms with Gasteiger partial charge < -0.3 is 10.1 Å². The number of ether oxygens (including phenoxy) is 1. The van der Waals surface area contributed by atoms with Crippen molar-refractivity contribution in [1.82, 2.24) is 5.32 Å². The number of hydrogen-bond donors (Lipinski definition) is 2. The second-order valence-electron chi connectivity index (χ2n) is 5.32. The number of nitrogens with one attached hydrogen (secondary N) is 2. The van der Waals surface area contributed by atoms with E-state index in [0.29, 0.717) is 0 Å². The quantitative estimate of drug-likeness (QED) is 0.857. The van der Waals surface area contributed by atoms with Gasteiger partial charge in [-0.2, -0.15) is 0 Å². The van der Waals surface area contributed by atoms with Crippen molar-refractivity contribution in [2.24, 2.45) is 0 Å². The molecule has 0 aliphatic heterocycles. The van der Waals surface area contributed by atoms with Gasteiger partial charge in [-0.1, -0.05) is 30.3 Å². The minimum Gasteiger partial charge on any atom is -0.496 e.